The van der Waals surface area contributed by atoms with E-state index in [2.05, 4.69) is 58.0 Å². The molecule has 0 aliphatic rings. The van der Waals surface area contributed by atoms with Crippen LogP contribution in [0.1, 0.15) is 23.6 Å². The van der Waals surface area contributed by atoms with Crippen LogP contribution in [0.5, 0.6) is 0 Å². The first kappa shape index (κ1) is 23.7. The highest BCUT2D eigenvalue weighted by atomic mass is 127. The molecule has 2 aromatic carbocycles. The van der Waals surface area contributed by atoms with Gasteiger partial charge in [-0.2, -0.15) is 0 Å². The van der Waals surface area contributed by atoms with Crippen LogP contribution in [0.15, 0.2) is 73.1 Å². The lowest BCUT2D eigenvalue weighted by Crippen LogP contribution is -2.05. The van der Waals surface area contributed by atoms with Gasteiger partial charge in [-0.15, -0.1) is 0 Å². The molecule has 0 atom stereocenters. The molecule has 0 aliphatic heterocycles. The van der Waals surface area contributed by atoms with Crippen LogP contribution >= 0.6 is 34.2 Å². The number of anilines is 1. The summed E-state index contributed by atoms with van der Waals surface area (Å²) in [6.45, 7) is 2.66. The Morgan fingerprint density at radius 1 is 1.00 bits per heavy atom. The number of alkyl halides is 1. The molecule has 0 bridgehead atoms. The zero-order valence-electron chi connectivity index (χ0n) is 19.0. The lowest BCUT2D eigenvalue weighted by molar-refractivity contribution is 0.628. The first-order valence-corrected chi connectivity index (χ1v) is 13.1. The summed E-state index contributed by atoms with van der Waals surface area (Å²) in [5, 5.41) is 4.06. The Morgan fingerprint density at radius 2 is 1.83 bits per heavy atom. The van der Waals surface area contributed by atoms with Crippen LogP contribution in [-0.4, -0.2) is 19.4 Å². The smallest absolute Gasteiger partial charge is 0.223 e. The molecule has 0 fully saturated rings. The van der Waals surface area contributed by atoms with Crippen molar-refractivity contribution in [2.45, 2.75) is 24.3 Å². The summed E-state index contributed by atoms with van der Waals surface area (Å²) in [5.74, 6) is 0.217. The van der Waals surface area contributed by atoms with Crippen molar-refractivity contribution >= 4 is 45.8 Å². The van der Waals surface area contributed by atoms with E-state index >= 15 is 0 Å². The molecule has 5 aromatic rings. The Labute approximate surface area is 221 Å². The highest BCUT2D eigenvalue weighted by Crippen LogP contribution is 2.32. The second kappa shape index (κ2) is 10.3. The Morgan fingerprint density at radius 3 is 2.57 bits per heavy atom. The maximum Gasteiger partial charge on any atom is 0.223 e. The highest BCUT2D eigenvalue weighted by molar-refractivity contribution is 14.1. The van der Waals surface area contributed by atoms with Crippen molar-refractivity contribution < 1.29 is 4.39 Å². The SMILES string of the molecule is CCc1ccn2c(-c3ccnc(NCc4ccc(CI)c(Cl)c4)n3)c(-c3ccc(F)cc3)nc2c1. The molecule has 8 heteroatoms. The molecule has 176 valence electrons. The molecule has 1 N–H and O–H groups in total. The van der Waals surface area contributed by atoms with Crippen molar-refractivity contribution in [2.24, 2.45) is 0 Å². The standard InChI is InChI=1S/C27H22ClFIN5/c1-2-17-10-12-35-24(14-17)34-25(19-5-7-21(29)8-6-19)26(35)23-9-11-31-27(33-23)32-16-18-3-4-20(15-30)22(28)13-18/h3-14H,2,15-16H2,1H3,(H,31,32,33). The Hall–Kier alpha value is -3.04. The summed E-state index contributed by atoms with van der Waals surface area (Å²) in [6.07, 6.45) is 4.65. The third-order valence-corrected chi connectivity index (χ3v) is 7.00. The van der Waals surface area contributed by atoms with Gasteiger partial charge in [0.05, 0.1) is 17.1 Å². The maximum atomic E-state index is 13.6. The van der Waals surface area contributed by atoms with E-state index < -0.39 is 0 Å². The third-order valence-electron chi connectivity index (χ3n) is 5.83. The molecule has 5 rings (SSSR count). The first-order chi connectivity index (χ1) is 17.1. The number of aryl methyl sites for hydroxylation is 1. The van der Waals surface area contributed by atoms with Crippen LogP contribution in [0.25, 0.3) is 28.3 Å². The number of imidazole rings is 1. The van der Waals surface area contributed by atoms with Crippen molar-refractivity contribution in [1.82, 2.24) is 19.4 Å². The van der Waals surface area contributed by atoms with E-state index in [0.29, 0.717) is 12.5 Å². The van der Waals surface area contributed by atoms with Gasteiger partial charge in [-0.05, 0) is 71.6 Å². The van der Waals surface area contributed by atoms with E-state index in [-0.39, 0.29) is 5.82 Å². The molecule has 0 unspecified atom stereocenters. The number of nitrogens with one attached hydrogen (secondary N) is 1. The van der Waals surface area contributed by atoms with Crippen molar-refractivity contribution in [3.8, 4) is 22.6 Å². The van der Waals surface area contributed by atoms with Crippen LogP contribution in [0, 0.1) is 5.82 Å². The number of pyridine rings is 1. The fraction of sp³-hybridized carbons (Fsp3) is 0.148. The lowest BCUT2D eigenvalue weighted by atomic mass is 10.1. The Balaban J connectivity index is 1.53. The number of nitrogens with zero attached hydrogens (tertiary/aromatic N) is 4. The van der Waals surface area contributed by atoms with Gasteiger partial charge in [-0.3, -0.25) is 4.40 Å². The molecule has 5 nitrogen and oxygen atoms in total. The second-order valence-electron chi connectivity index (χ2n) is 8.11. The van der Waals surface area contributed by atoms with E-state index in [1.165, 1.54) is 17.7 Å². The Kier molecular flexibility index (Phi) is 6.97. The predicted molar refractivity (Wildman–Crippen MR) is 147 cm³/mol. The fourth-order valence-corrected chi connectivity index (χ4v) is 5.09. The summed E-state index contributed by atoms with van der Waals surface area (Å²) in [4.78, 5) is 14.1. The maximum absolute atomic E-state index is 13.6. The third kappa shape index (κ3) is 5.01. The summed E-state index contributed by atoms with van der Waals surface area (Å²) in [6, 6.07) is 18.5. The van der Waals surface area contributed by atoms with Crippen LogP contribution < -0.4 is 5.32 Å². The molecular formula is C27H22ClFIN5. The van der Waals surface area contributed by atoms with Crippen molar-refractivity contribution in [1.29, 1.82) is 0 Å². The van der Waals surface area contributed by atoms with Crippen LogP contribution in [-0.2, 0) is 17.4 Å². The molecule has 3 heterocycles. The molecule has 0 spiro atoms. The first-order valence-electron chi connectivity index (χ1n) is 11.2. The van der Waals surface area contributed by atoms with Gasteiger partial charge >= 0.3 is 0 Å². The van der Waals surface area contributed by atoms with Crippen LogP contribution in [0.4, 0.5) is 10.3 Å². The highest BCUT2D eigenvalue weighted by Gasteiger charge is 2.18. The van der Waals surface area contributed by atoms with Gasteiger partial charge in [0.15, 0.2) is 0 Å². The number of hydrogen-bond acceptors (Lipinski definition) is 4. The molecule has 0 saturated carbocycles. The number of hydrogen-bond donors (Lipinski definition) is 1. The van der Waals surface area contributed by atoms with Gasteiger partial charge in [0, 0.05) is 34.0 Å². The van der Waals surface area contributed by atoms with Gasteiger partial charge in [0.1, 0.15) is 11.5 Å². The normalized spacial score (nSPS) is 11.2. The van der Waals surface area contributed by atoms with Gasteiger partial charge in [0.2, 0.25) is 5.95 Å². The zero-order valence-corrected chi connectivity index (χ0v) is 21.9. The number of aromatic nitrogens is 4. The van der Waals surface area contributed by atoms with E-state index in [4.69, 9.17) is 21.6 Å². The number of halogens is 3. The molecular weight excluding hydrogens is 576 g/mol. The zero-order chi connectivity index (χ0) is 24.4. The average Bonchev–Trinajstić information content (AvgIpc) is 3.27. The summed E-state index contributed by atoms with van der Waals surface area (Å²) in [7, 11) is 0. The molecule has 3 aromatic heterocycles. The van der Waals surface area contributed by atoms with Crippen molar-refractivity contribution in [2.75, 3.05) is 5.32 Å². The van der Waals surface area contributed by atoms with E-state index in [1.54, 1.807) is 18.3 Å². The van der Waals surface area contributed by atoms with Crippen molar-refractivity contribution in [3.63, 3.8) is 0 Å². The van der Waals surface area contributed by atoms with E-state index in [9.17, 15) is 4.39 Å². The minimum Gasteiger partial charge on any atom is -0.350 e. The van der Waals surface area contributed by atoms with Crippen molar-refractivity contribution in [3.05, 3.63) is 101 Å². The molecule has 0 radical (unpaired) electrons. The summed E-state index contributed by atoms with van der Waals surface area (Å²) in [5.41, 5.74) is 7.28. The van der Waals surface area contributed by atoms with Crippen LogP contribution in [0.3, 0.4) is 0 Å². The number of fused-ring (bicyclic) bond motifs is 1. The van der Waals surface area contributed by atoms with E-state index in [0.717, 1.165) is 55.3 Å². The summed E-state index contributed by atoms with van der Waals surface area (Å²) < 4.78 is 16.5. The fourth-order valence-electron chi connectivity index (χ4n) is 3.93. The van der Waals surface area contributed by atoms with Gasteiger partial charge in [-0.1, -0.05) is 53.2 Å². The van der Waals surface area contributed by atoms with Gasteiger partial charge < -0.3 is 5.32 Å². The minimum absolute atomic E-state index is 0.285. The topological polar surface area (TPSA) is 55.1 Å². The van der Waals surface area contributed by atoms with Gasteiger partial charge in [-0.25, -0.2) is 19.3 Å². The lowest BCUT2D eigenvalue weighted by Gasteiger charge is -2.10. The summed E-state index contributed by atoms with van der Waals surface area (Å²) >= 11 is 8.67. The minimum atomic E-state index is -0.285. The predicted octanol–water partition coefficient (Wildman–Crippen LogP) is 7.36. The quantitative estimate of drug-likeness (QED) is 0.157. The molecule has 0 saturated heterocycles. The molecule has 0 amide bonds. The number of rotatable bonds is 7. The monoisotopic (exact) mass is 597 g/mol. The molecule has 35 heavy (non-hydrogen) atoms. The number of benzene rings is 2. The largest absolute Gasteiger partial charge is 0.350 e. The second-order valence-corrected chi connectivity index (χ2v) is 9.28. The average molecular weight is 598 g/mol. The van der Waals surface area contributed by atoms with Gasteiger partial charge in [0.25, 0.3) is 0 Å². The van der Waals surface area contributed by atoms with Crippen LogP contribution in [0.2, 0.25) is 5.02 Å². The van der Waals surface area contributed by atoms with E-state index in [1.807, 2.05) is 28.8 Å². The molecule has 0 aliphatic carbocycles. The Bertz CT molecular complexity index is 1500.